The van der Waals surface area contributed by atoms with Crippen molar-refractivity contribution >= 4 is 101 Å². The average Bonchev–Trinajstić information content (AvgIpc) is 4.18. The van der Waals surface area contributed by atoms with E-state index in [2.05, 4.69) is 312 Å². The smallest absolute Gasteiger partial charge is 0.181 e. The largest absolute Gasteiger partial charge is 0.309 e. The van der Waals surface area contributed by atoms with Gasteiger partial charge in [-0.3, -0.25) is 0 Å². The fourth-order valence-electron chi connectivity index (χ4n) is 13.6. The Kier molecular flexibility index (Phi) is 10.3. The van der Waals surface area contributed by atoms with Gasteiger partial charge in [-0.25, -0.2) is 0 Å². The Bertz CT molecular complexity index is 4350. The van der Waals surface area contributed by atoms with Crippen LogP contribution in [0.1, 0.15) is 0 Å². The van der Waals surface area contributed by atoms with Crippen LogP contribution in [0.5, 0.6) is 0 Å². The molecule has 0 saturated heterocycles. The average molecular weight is 999 g/mol. The third-order valence-corrected chi connectivity index (χ3v) is 26.3. The zero-order chi connectivity index (χ0) is 50.2. The Morgan fingerprint density at radius 2 is 0.697 bits per heavy atom. The molecule has 0 spiro atoms. The predicted molar refractivity (Wildman–Crippen MR) is 327 cm³/mol. The van der Waals surface area contributed by atoms with E-state index in [0.717, 1.165) is 11.4 Å². The topological polar surface area (TPSA) is 9.86 Å². The van der Waals surface area contributed by atoms with Crippen molar-refractivity contribution in [3.63, 3.8) is 0 Å². The van der Waals surface area contributed by atoms with Gasteiger partial charge >= 0.3 is 0 Å². The fourth-order valence-corrected chi connectivity index (χ4v) is 23.7. The second-order valence-electron chi connectivity index (χ2n) is 20.2. The lowest BCUT2D eigenvalue weighted by atomic mass is 9.97. The molecule has 0 unspecified atom stereocenters. The molecule has 15 rings (SSSR count). The van der Waals surface area contributed by atoms with Gasteiger partial charge in [0, 0.05) is 32.8 Å². The number of nitrogens with zero attached hydrogens (tertiary/aromatic N) is 2. The molecule has 356 valence electrons. The number of aromatic nitrogens is 2. The summed E-state index contributed by atoms with van der Waals surface area (Å²) in [5.74, 6) is 0. The Labute approximate surface area is 444 Å². The SMILES string of the molecule is c1ccc([Si](c2ccccc2)(c2ccccc2)c2ccc(-n3c4ccccc4c4c(-n5c6ccccc6c6cccc(-c7cccc8c7[Si](c7ccccc7)(c7ccccc7)c7ccccc7-8)c65)cccc43)cc2)cc1. The minimum Gasteiger partial charge on any atom is -0.309 e. The van der Waals surface area contributed by atoms with Crippen molar-refractivity contribution < 1.29 is 0 Å². The molecule has 0 amide bonds. The van der Waals surface area contributed by atoms with Crippen LogP contribution >= 0.6 is 0 Å². The molecule has 76 heavy (non-hydrogen) atoms. The van der Waals surface area contributed by atoms with E-state index in [-0.39, 0.29) is 0 Å². The molecular formula is C72H50N2Si2. The summed E-state index contributed by atoms with van der Waals surface area (Å²) < 4.78 is 5.09. The molecule has 2 aromatic heterocycles. The number of rotatable bonds is 9. The lowest BCUT2D eigenvalue weighted by Crippen LogP contribution is -2.74. The van der Waals surface area contributed by atoms with Gasteiger partial charge in [-0.05, 0) is 94.6 Å². The zero-order valence-electron chi connectivity index (χ0n) is 41.8. The Balaban J connectivity index is 0.983. The Hall–Kier alpha value is -9.33. The van der Waals surface area contributed by atoms with Crippen LogP contribution in [0, 0.1) is 0 Å². The van der Waals surface area contributed by atoms with Gasteiger partial charge < -0.3 is 9.13 Å². The molecule has 0 N–H and O–H groups in total. The number of hydrogen-bond donors (Lipinski definition) is 0. The highest BCUT2D eigenvalue weighted by molar-refractivity contribution is 7.23. The van der Waals surface area contributed by atoms with Gasteiger partial charge in [-0.2, -0.15) is 0 Å². The van der Waals surface area contributed by atoms with Crippen molar-refractivity contribution in [2.45, 2.75) is 0 Å². The monoisotopic (exact) mass is 998 g/mol. The second-order valence-corrected chi connectivity index (χ2v) is 27.7. The van der Waals surface area contributed by atoms with E-state index in [1.165, 1.54) is 107 Å². The summed E-state index contributed by atoms with van der Waals surface area (Å²) in [6.07, 6.45) is 0. The first-order valence-corrected chi connectivity index (χ1v) is 30.4. The fraction of sp³-hybridized carbons (Fsp3) is 0. The summed E-state index contributed by atoms with van der Waals surface area (Å²) in [5, 5.41) is 16.1. The van der Waals surface area contributed by atoms with Crippen LogP contribution in [0.2, 0.25) is 0 Å². The van der Waals surface area contributed by atoms with Crippen molar-refractivity contribution in [2.24, 2.45) is 0 Å². The molecule has 0 atom stereocenters. The molecule has 14 aromatic rings. The van der Waals surface area contributed by atoms with Crippen LogP contribution < -0.4 is 41.5 Å². The van der Waals surface area contributed by atoms with Crippen LogP contribution in [0.4, 0.5) is 0 Å². The molecular weight excluding hydrogens is 949 g/mol. The summed E-state index contributed by atoms with van der Waals surface area (Å²) >= 11 is 0. The van der Waals surface area contributed by atoms with Gasteiger partial charge in [-0.15, -0.1) is 0 Å². The van der Waals surface area contributed by atoms with Crippen LogP contribution in [-0.4, -0.2) is 25.3 Å². The number of fused-ring (bicyclic) bond motifs is 9. The van der Waals surface area contributed by atoms with E-state index < -0.39 is 16.1 Å². The van der Waals surface area contributed by atoms with E-state index >= 15 is 0 Å². The van der Waals surface area contributed by atoms with Crippen molar-refractivity contribution in [1.82, 2.24) is 9.13 Å². The van der Waals surface area contributed by atoms with Gasteiger partial charge in [0.1, 0.15) is 0 Å². The predicted octanol–water partition coefficient (Wildman–Crippen LogP) is 12.3. The van der Waals surface area contributed by atoms with Crippen LogP contribution in [0.25, 0.3) is 77.2 Å². The van der Waals surface area contributed by atoms with E-state index in [1.807, 2.05) is 0 Å². The van der Waals surface area contributed by atoms with Gasteiger partial charge in [0.05, 0.1) is 27.8 Å². The summed E-state index contributed by atoms with van der Waals surface area (Å²) in [6, 6.07) is 114. The van der Waals surface area contributed by atoms with Gasteiger partial charge in [0.2, 0.25) is 0 Å². The lowest BCUT2D eigenvalue weighted by molar-refractivity contribution is 1.17. The minimum absolute atomic E-state index is 1.13. The molecule has 0 aliphatic carbocycles. The second kappa shape index (κ2) is 17.7. The van der Waals surface area contributed by atoms with Crippen molar-refractivity contribution in [3.8, 4) is 33.6 Å². The highest BCUT2D eigenvalue weighted by atomic mass is 28.3. The first-order valence-electron chi connectivity index (χ1n) is 26.4. The molecule has 1 aliphatic heterocycles. The Morgan fingerprint density at radius 1 is 0.276 bits per heavy atom. The molecule has 3 heterocycles. The third kappa shape index (κ3) is 6.32. The summed E-state index contributed by atoms with van der Waals surface area (Å²) in [7, 11) is -5.60. The maximum absolute atomic E-state index is 2.87. The molecule has 0 saturated carbocycles. The summed E-state index contributed by atoms with van der Waals surface area (Å²) in [4.78, 5) is 0. The molecule has 0 bridgehead atoms. The molecule has 2 nitrogen and oxygen atoms in total. The van der Waals surface area contributed by atoms with Crippen LogP contribution in [0.15, 0.2) is 303 Å². The van der Waals surface area contributed by atoms with Crippen molar-refractivity contribution in [3.05, 3.63) is 303 Å². The molecule has 1 aliphatic rings. The standard InChI is InChI=1S/C72H50N2Si2/c1-6-25-52(26-7-1)75(53-27-8-2-9-28-53,54-29-10-3-11-30-54)57-49-47-51(48-50-57)73-66-43-20-17-37-64(66)70-67(73)44-24-45-68(70)74-65-42-19-16-35-58(65)60-38-22-39-61(71(60)74)63-41-23-40-62-59-36-18-21-46-69(59)76(72(62)63,55-31-12-4-13-32-55)56-33-14-5-15-34-56/h1-50H. The van der Waals surface area contributed by atoms with Crippen LogP contribution in [0.3, 0.4) is 0 Å². The Morgan fingerprint density at radius 3 is 1.32 bits per heavy atom. The summed E-state index contributed by atoms with van der Waals surface area (Å²) in [5.41, 5.74) is 12.2. The van der Waals surface area contributed by atoms with Gasteiger partial charge in [0.15, 0.2) is 16.1 Å². The molecule has 0 radical (unpaired) electrons. The van der Waals surface area contributed by atoms with E-state index in [9.17, 15) is 0 Å². The zero-order valence-corrected chi connectivity index (χ0v) is 43.8. The molecule has 0 fully saturated rings. The minimum atomic E-state index is -2.87. The van der Waals surface area contributed by atoms with E-state index in [0.29, 0.717) is 0 Å². The van der Waals surface area contributed by atoms with Gasteiger partial charge in [-0.1, -0.05) is 267 Å². The van der Waals surface area contributed by atoms with Gasteiger partial charge in [0.25, 0.3) is 0 Å². The molecule has 12 aromatic carbocycles. The molecule has 4 heteroatoms. The first kappa shape index (κ1) is 44.2. The van der Waals surface area contributed by atoms with Crippen molar-refractivity contribution in [2.75, 3.05) is 0 Å². The van der Waals surface area contributed by atoms with E-state index in [1.54, 1.807) is 0 Å². The van der Waals surface area contributed by atoms with Crippen molar-refractivity contribution in [1.29, 1.82) is 0 Å². The maximum Gasteiger partial charge on any atom is 0.181 e. The number of hydrogen-bond acceptors (Lipinski definition) is 0. The number of para-hydroxylation sites is 3. The van der Waals surface area contributed by atoms with Crippen LogP contribution in [-0.2, 0) is 0 Å². The highest BCUT2D eigenvalue weighted by Crippen LogP contribution is 2.44. The normalized spacial score (nSPS) is 12.8. The quantitative estimate of drug-likeness (QED) is 0.101. The first-order chi connectivity index (χ1) is 37.8. The van der Waals surface area contributed by atoms with E-state index in [4.69, 9.17) is 0 Å². The maximum atomic E-state index is 2.59. The third-order valence-electron chi connectivity index (χ3n) is 16.6. The number of benzene rings is 12. The highest BCUT2D eigenvalue weighted by Gasteiger charge is 2.50. The lowest BCUT2D eigenvalue weighted by Gasteiger charge is -2.34. The summed E-state index contributed by atoms with van der Waals surface area (Å²) in [6.45, 7) is 0.